The van der Waals surface area contributed by atoms with Crippen LogP contribution in [0.2, 0.25) is 0 Å². The summed E-state index contributed by atoms with van der Waals surface area (Å²) in [5.41, 5.74) is 1.61. The van der Waals surface area contributed by atoms with Gasteiger partial charge in [-0.2, -0.15) is 0 Å². The number of ketones is 1. The highest BCUT2D eigenvalue weighted by Crippen LogP contribution is 2.38. The van der Waals surface area contributed by atoms with Gasteiger partial charge in [-0.3, -0.25) is 4.79 Å². The third kappa shape index (κ3) is 2.01. The van der Waals surface area contributed by atoms with E-state index >= 15 is 0 Å². The van der Waals surface area contributed by atoms with Gasteiger partial charge in [-0.15, -0.1) is 0 Å². The van der Waals surface area contributed by atoms with Crippen LogP contribution < -0.4 is 4.74 Å². The molecule has 1 aromatic carbocycles. The summed E-state index contributed by atoms with van der Waals surface area (Å²) in [7, 11) is 0. The first-order valence-electron chi connectivity index (χ1n) is 4.42. The van der Waals surface area contributed by atoms with Crippen molar-refractivity contribution in [2.45, 2.75) is 6.92 Å². The third-order valence-electron chi connectivity index (χ3n) is 2.24. The van der Waals surface area contributed by atoms with Gasteiger partial charge in [-0.05, 0) is 41.1 Å². The summed E-state index contributed by atoms with van der Waals surface area (Å²) in [4.78, 5) is 11.2. The van der Waals surface area contributed by atoms with Gasteiger partial charge in [0.05, 0.1) is 4.47 Å². The quantitative estimate of drug-likeness (QED) is 0.786. The number of Topliss-reactive ketones (excluding diaryl/α,β-unsaturated/α-hetero) is 1. The predicted octanol–water partition coefficient (Wildman–Crippen LogP) is 3.58. The molecule has 0 aliphatic carbocycles. The Balaban J connectivity index is 2.59. The highest BCUT2D eigenvalue weighted by Gasteiger charge is 2.18. The fraction of sp³-hybridized carbons (Fsp3) is 0.182. The van der Waals surface area contributed by atoms with Crippen molar-refractivity contribution in [3.8, 4) is 5.75 Å². The number of hydrogen-bond donors (Lipinski definition) is 0. The molecule has 0 unspecified atom stereocenters. The van der Waals surface area contributed by atoms with Gasteiger partial charge in [0.2, 0.25) is 0 Å². The summed E-state index contributed by atoms with van der Waals surface area (Å²) >= 11 is 6.85. The second-order valence-corrected chi connectivity index (χ2v) is 5.00. The van der Waals surface area contributed by atoms with Crippen LogP contribution in [0.3, 0.4) is 0 Å². The average Bonchev–Trinajstić information content (AvgIpc) is 2.23. The maximum absolute atomic E-state index is 11.2. The van der Waals surface area contributed by atoms with E-state index in [1.165, 1.54) is 0 Å². The maximum atomic E-state index is 11.2. The van der Waals surface area contributed by atoms with Crippen LogP contribution in [0.1, 0.15) is 12.5 Å². The fourth-order valence-corrected chi connectivity index (χ4v) is 2.29. The van der Waals surface area contributed by atoms with Gasteiger partial charge in [0.1, 0.15) is 12.4 Å². The molecule has 0 radical (unpaired) electrons. The van der Waals surface area contributed by atoms with Crippen LogP contribution >= 0.6 is 31.9 Å². The van der Waals surface area contributed by atoms with Crippen LogP contribution in [0.4, 0.5) is 0 Å². The van der Waals surface area contributed by atoms with E-state index in [2.05, 4.69) is 31.9 Å². The Bertz CT molecular complexity index is 464. The topological polar surface area (TPSA) is 26.3 Å². The lowest BCUT2D eigenvalue weighted by molar-refractivity contribution is -0.113. The lowest BCUT2D eigenvalue weighted by atomic mass is 10.1. The van der Waals surface area contributed by atoms with Gasteiger partial charge in [0.25, 0.3) is 0 Å². The molecule has 0 bridgehead atoms. The maximum Gasteiger partial charge on any atom is 0.159 e. The zero-order valence-corrected chi connectivity index (χ0v) is 11.2. The molecular weight excluding hydrogens is 324 g/mol. The molecule has 78 valence electrons. The molecule has 0 atom stereocenters. The number of benzene rings is 1. The van der Waals surface area contributed by atoms with Gasteiger partial charge >= 0.3 is 0 Å². The normalized spacial score (nSPS) is 13.9. The van der Waals surface area contributed by atoms with E-state index < -0.39 is 0 Å². The Morgan fingerprint density at radius 3 is 2.67 bits per heavy atom. The molecule has 1 aliphatic rings. The van der Waals surface area contributed by atoms with Crippen LogP contribution in [-0.2, 0) is 4.79 Å². The summed E-state index contributed by atoms with van der Waals surface area (Å²) in [6.45, 7) is 1.89. The largest absolute Gasteiger partial charge is 0.487 e. The fourth-order valence-electron chi connectivity index (χ4n) is 1.40. The van der Waals surface area contributed by atoms with Crippen molar-refractivity contribution in [3.05, 3.63) is 32.2 Å². The molecular formula is C11H8Br2O2. The van der Waals surface area contributed by atoms with Gasteiger partial charge in [-0.25, -0.2) is 0 Å². The minimum absolute atomic E-state index is 0.0486. The summed E-state index contributed by atoms with van der Waals surface area (Å²) in [6.07, 6.45) is 1.87. The lowest BCUT2D eigenvalue weighted by Crippen LogP contribution is -2.13. The molecule has 2 nitrogen and oxygen atoms in total. The van der Waals surface area contributed by atoms with E-state index in [0.29, 0.717) is 12.2 Å². The zero-order chi connectivity index (χ0) is 11.0. The first kappa shape index (κ1) is 10.9. The summed E-state index contributed by atoms with van der Waals surface area (Å²) in [5, 5.41) is 0. The molecule has 0 aromatic heterocycles. The molecule has 1 aromatic rings. The van der Waals surface area contributed by atoms with Gasteiger partial charge < -0.3 is 4.74 Å². The number of fused-ring (bicyclic) bond motifs is 1. The number of halogens is 2. The summed E-state index contributed by atoms with van der Waals surface area (Å²) in [6, 6.07) is 3.83. The molecule has 1 heterocycles. The molecule has 0 saturated heterocycles. The molecule has 0 N–H and O–H groups in total. The van der Waals surface area contributed by atoms with Crippen LogP contribution in [-0.4, -0.2) is 12.4 Å². The average molecular weight is 332 g/mol. The SMILES string of the molecule is CC(=O)C1=Cc2c(Br)ccc(Br)c2OC1. The van der Waals surface area contributed by atoms with E-state index in [1.54, 1.807) is 6.92 Å². The number of hydrogen-bond acceptors (Lipinski definition) is 2. The van der Waals surface area contributed by atoms with Crippen molar-refractivity contribution in [1.82, 2.24) is 0 Å². The third-order valence-corrected chi connectivity index (χ3v) is 3.55. The lowest BCUT2D eigenvalue weighted by Gasteiger charge is -2.18. The second-order valence-electron chi connectivity index (χ2n) is 3.29. The van der Waals surface area contributed by atoms with Crippen molar-refractivity contribution in [1.29, 1.82) is 0 Å². The Morgan fingerprint density at radius 1 is 1.33 bits per heavy atom. The van der Waals surface area contributed by atoms with Crippen LogP contribution in [0, 0.1) is 0 Å². The first-order chi connectivity index (χ1) is 7.09. The molecule has 4 heteroatoms. The summed E-state index contributed by atoms with van der Waals surface area (Å²) < 4.78 is 7.38. The minimum atomic E-state index is 0.0486. The number of rotatable bonds is 1. The van der Waals surface area contributed by atoms with E-state index in [4.69, 9.17) is 4.74 Å². The zero-order valence-electron chi connectivity index (χ0n) is 8.01. The van der Waals surface area contributed by atoms with Gasteiger partial charge in [-0.1, -0.05) is 15.9 Å². The Hall–Kier alpha value is -0.610. The van der Waals surface area contributed by atoms with Crippen molar-refractivity contribution >= 4 is 43.7 Å². The standard InChI is InChI=1S/C11H8Br2O2/c1-6(14)7-4-8-9(12)2-3-10(13)11(8)15-5-7/h2-4H,5H2,1H3. The minimum Gasteiger partial charge on any atom is -0.487 e. The van der Waals surface area contributed by atoms with Crippen LogP contribution in [0.15, 0.2) is 26.7 Å². The molecule has 0 fully saturated rings. The molecule has 0 spiro atoms. The van der Waals surface area contributed by atoms with E-state index in [1.807, 2.05) is 18.2 Å². The predicted molar refractivity (Wildman–Crippen MR) is 66.0 cm³/mol. The van der Waals surface area contributed by atoms with Crippen LogP contribution in [0.5, 0.6) is 5.75 Å². The number of ether oxygens (including phenoxy) is 1. The number of carbonyl (C=O) groups is 1. The molecule has 0 amide bonds. The second kappa shape index (κ2) is 4.10. The van der Waals surface area contributed by atoms with Crippen molar-refractivity contribution in [2.75, 3.05) is 6.61 Å². The highest BCUT2D eigenvalue weighted by atomic mass is 79.9. The van der Waals surface area contributed by atoms with E-state index in [-0.39, 0.29) is 5.78 Å². The monoisotopic (exact) mass is 330 g/mol. The molecule has 0 saturated carbocycles. The van der Waals surface area contributed by atoms with Crippen molar-refractivity contribution in [2.24, 2.45) is 0 Å². The summed E-state index contributed by atoms with van der Waals surface area (Å²) in [5.74, 6) is 0.835. The molecule has 2 rings (SSSR count). The number of carbonyl (C=O) groups excluding carboxylic acids is 1. The van der Waals surface area contributed by atoms with Gasteiger partial charge in [0, 0.05) is 15.6 Å². The Morgan fingerprint density at radius 2 is 2.00 bits per heavy atom. The highest BCUT2D eigenvalue weighted by molar-refractivity contribution is 9.11. The van der Waals surface area contributed by atoms with Crippen LogP contribution in [0.25, 0.3) is 6.08 Å². The Kier molecular flexibility index (Phi) is 2.98. The van der Waals surface area contributed by atoms with Crippen molar-refractivity contribution in [3.63, 3.8) is 0 Å². The Labute approximate surface area is 105 Å². The molecule has 15 heavy (non-hydrogen) atoms. The first-order valence-corrected chi connectivity index (χ1v) is 6.00. The van der Waals surface area contributed by atoms with E-state index in [0.717, 1.165) is 20.3 Å². The molecule has 1 aliphatic heterocycles. The van der Waals surface area contributed by atoms with Crippen molar-refractivity contribution < 1.29 is 9.53 Å². The van der Waals surface area contributed by atoms with Gasteiger partial charge in [0.15, 0.2) is 5.78 Å². The smallest absolute Gasteiger partial charge is 0.159 e. The van der Waals surface area contributed by atoms with E-state index in [9.17, 15) is 4.79 Å².